The Morgan fingerprint density at radius 2 is 1.79 bits per heavy atom. The highest BCUT2D eigenvalue weighted by Crippen LogP contribution is 2.37. The summed E-state index contributed by atoms with van der Waals surface area (Å²) in [5.41, 5.74) is -1.05. The molecule has 9 heteroatoms. The minimum atomic E-state index is -4.61. The summed E-state index contributed by atoms with van der Waals surface area (Å²) in [6.07, 6.45) is -2.47. The van der Waals surface area contributed by atoms with Crippen molar-refractivity contribution in [1.29, 1.82) is 0 Å². The van der Waals surface area contributed by atoms with Gasteiger partial charge in [0.25, 0.3) is 0 Å². The van der Waals surface area contributed by atoms with Crippen molar-refractivity contribution in [2.24, 2.45) is 17.7 Å². The number of amides is 1. The number of nitrogens with zero attached hydrogens (tertiary/aromatic N) is 1. The van der Waals surface area contributed by atoms with Gasteiger partial charge in [0.2, 0.25) is 5.91 Å². The number of carbonyl (C=O) groups excluding carboxylic acids is 1. The molecule has 1 fully saturated rings. The molecule has 1 saturated carbocycles. The topological polar surface area (TPSA) is 83.6 Å². The molecule has 0 saturated heterocycles. The van der Waals surface area contributed by atoms with E-state index in [0.717, 1.165) is 18.2 Å². The second-order valence-corrected chi connectivity index (χ2v) is 6.11. The van der Waals surface area contributed by atoms with Crippen molar-refractivity contribution in [2.75, 3.05) is 5.01 Å². The number of alkyl halides is 3. The summed E-state index contributed by atoms with van der Waals surface area (Å²) in [4.78, 5) is 23.8. The third kappa shape index (κ3) is 3.81. The zero-order chi connectivity index (χ0) is 18.1. The van der Waals surface area contributed by atoms with Gasteiger partial charge in [0.05, 0.1) is 28.1 Å². The first-order valence-electron chi connectivity index (χ1n) is 7.31. The molecule has 0 aromatic heterocycles. The van der Waals surface area contributed by atoms with Crippen LogP contribution in [-0.4, -0.2) is 17.0 Å². The Balaban J connectivity index is 2.24. The molecule has 1 aromatic rings. The number of hydrogen-bond acceptors (Lipinski definition) is 3. The number of rotatable bonds is 3. The van der Waals surface area contributed by atoms with E-state index >= 15 is 0 Å². The van der Waals surface area contributed by atoms with Crippen LogP contribution in [0.25, 0.3) is 0 Å². The Morgan fingerprint density at radius 1 is 1.21 bits per heavy atom. The van der Waals surface area contributed by atoms with Crippen LogP contribution in [0.1, 0.15) is 31.2 Å². The van der Waals surface area contributed by atoms with Crippen molar-refractivity contribution in [1.82, 2.24) is 0 Å². The Kier molecular flexibility index (Phi) is 5.39. The van der Waals surface area contributed by atoms with Crippen molar-refractivity contribution in [3.8, 4) is 0 Å². The van der Waals surface area contributed by atoms with Gasteiger partial charge in [-0.3, -0.25) is 9.59 Å². The van der Waals surface area contributed by atoms with Gasteiger partial charge in [0.1, 0.15) is 0 Å². The molecule has 5 nitrogen and oxygen atoms in total. The van der Waals surface area contributed by atoms with Crippen molar-refractivity contribution >= 4 is 29.2 Å². The van der Waals surface area contributed by atoms with Gasteiger partial charge in [-0.15, -0.1) is 0 Å². The monoisotopic (exact) mass is 364 g/mol. The standard InChI is InChI=1S/C15H16ClF3N2O3/c16-12-7-8(5-6-11(12)15(17,18)19)21(20)13(22)9-3-1-2-4-10(9)14(23)24/h5-7,9-10H,1-4,20H2,(H,23,24). The number of hydrazine groups is 1. The number of aliphatic carboxylic acids is 1. The van der Waals surface area contributed by atoms with E-state index in [-0.39, 0.29) is 5.69 Å². The van der Waals surface area contributed by atoms with Gasteiger partial charge in [-0.25, -0.2) is 10.9 Å². The first-order chi connectivity index (χ1) is 11.1. The number of nitrogens with two attached hydrogens (primary N) is 1. The summed E-state index contributed by atoms with van der Waals surface area (Å²) >= 11 is 5.62. The van der Waals surface area contributed by atoms with Gasteiger partial charge in [-0.1, -0.05) is 24.4 Å². The molecule has 0 bridgehead atoms. The van der Waals surface area contributed by atoms with Crippen LogP contribution in [0.4, 0.5) is 18.9 Å². The molecule has 1 aliphatic carbocycles. The largest absolute Gasteiger partial charge is 0.481 e. The molecule has 2 atom stereocenters. The van der Waals surface area contributed by atoms with E-state index in [4.69, 9.17) is 17.4 Å². The van der Waals surface area contributed by atoms with Crippen molar-refractivity contribution < 1.29 is 27.9 Å². The first kappa shape index (κ1) is 18.5. The molecule has 132 valence electrons. The molecular formula is C15H16ClF3N2O3. The molecule has 0 radical (unpaired) electrons. The predicted molar refractivity (Wildman–Crippen MR) is 81.2 cm³/mol. The zero-order valence-electron chi connectivity index (χ0n) is 12.5. The van der Waals surface area contributed by atoms with Crippen LogP contribution in [0.5, 0.6) is 0 Å². The van der Waals surface area contributed by atoms with Gasteiger partial charge in [-0.2, -0.15) is 13.2 Å². The van der Waals surface area contributed by atoms with E-state index < -0.39 is 40.5 Å². The Morgan fingerprint density at radius 3 is 2.29 bits per heavy atom. The van der Waals surface area contributed by atoms with Crippen LogP contribution in [0.15, 0.2) is 18.2 Å². The number of hydrogen-bond donors (Lipinski definition) is 2. The summed E-state index contributed by atoms with van der Waals surface area (Å²) in [6.45, 7) is 0. The molecule has 24 heavy (non-hydrogen) atoms. The van der Waals surface area contributed by atoms with Crippen molar-refractivity contribution in [3.05, 3.63) is 28.8 Å². The van der Waals surface area contributed by atoms with Crippen LogP contribution in [0, 0.1) is 11.8 Å². The maximum absolute atomic E-state index is 12.7. The number of halogens is 4. The smallest absolute Gasteiger partial charge is 0.417 e. The minimum absolute atomic E-state index is 0.0206. The Hall–Kier alpha value is -1.80. The number of carboxylic acids is 1. The predicted octanol–water partition coefficient (Wildman–Crippen LogP) is 3.46. The third-order valence-electron chi connectivity index (χ3n) is 4.17. The van der Waals surface area contributed by atoms with Gasteiger partial charge < -0.3 is 5.11 Å². The lowest BCUT2D eigenvalue weighted by molar-refractivity contribution is -0.148. The molecule has 2 unspecified atom stereocenters. The average Bonchev–Trinajstić information content (AvgIpc) is 2.52. The highest BCUT2D eigenvalue weighted by molar-refractivity contribution is 6.31. The molecule has 0 aliphatic heterocycles. The summed E-state index contributed by atoms with van der Waals surface area (Å²) in [6, 6.07) is 2.71. The number of carboxylic acid groups (broad SMARTS) is 1. The van der Waals surface area contributed by atoms with Gasteiger partial charge in [-0.05, 0) is 31.0 Å². The summed E-state index contributed by atoms with van der Waals surface area (Å²) in [7, 11) is 0. The van der Waals surface area contributed by atoms with Crippen LogP contribution >= 0.6 is 11.6 Å². The molecule has 0 spiro atoms. The number of carbonyl (C=O) groups is 2. The van der Waals surface area contributed by atoms with Crippen LogP contribution in [0.3, 0.4) is 0 Å². The average molecular weight is 365 g/mol. The van der Waals surface area contributed by atoms with E-state index in [0.29, 0.717) is 30.7 Å². The lowest BCUT2D eigenvalue weighted by Gasteiger charge is -2.30. The summed E-state index contributed by atoms with van der Waals surface area (Å²) < 4.78 is 38.1. The fourth-order valence-electron chi connectivity index (χ4n) is 2.91. The zero-order valence-corrected chi connectivity index (χ0v) is 13.3. The lowest BCUT2D eigenvalue weighted by atomic mass is 9.78. The van der Waals surface area contributed by atoms with E-state index in [1.165, 1.54) is 0 Å². The van der Waals surface area contributed by atoms with Crippen LogP contribution in [0.2, 0.25) is 5.02 Å². The summed E-state index contributed by atoms with van der Waals surface area (Å²) in [5.74, 6) is 2.34. The van der Waals surface area contributed by atoms with E-state index in [1.54, 1.807) is 0 Å². The molecule has 2 rings (SSSR count). The second-order valence-electron chi connectivity index (χ2n) is 5.71. The highest BCUT2D eigenvalue weighted by Gasteiger charge is 2.38. The Bertz CT molecular complexity index is 651. The van der Waals surface area contributed by atoms with Crippen LogP contribution < -0.4 is 10.9 Å². The van der Waals surface area contributed by atoms with E-state index in [9.17, 15) is 27.9 Å². The van der Waals surface area contributed by atoms with E-state index in [1.807, 2.05) is 0 Å². The quantitative estimate of drug-likeness (QED) is 0.489. The summed E-state index contributed by atoms with van der Waals surface area (Å²) in [5, 5.41) is 9.32. The highest BCUT2D eigenvalue weighted by atomic mass is 35.5. The molecule has 0 heterocycles. The van der Waals surface area contributed by atoms with E-state index in [2.05, 4.69) is 0 Å². The van der Waals surface area contributed by atoms with Gasteiger partial charge >= 0.3 is 12.1 Å². The fraction of sp³-hybridized carbons (Fsp3) is 0.467. The molecule has 3 N–H and O–H groups in total. The Labute approximate surface area is 141 Å². The molecule has 1 aromatic carbocycles. The lowest BCUT2D eigenvalue weighted by Crippen LogP contribution is -2.46. The van der Waals surface area contributed by atoms with Gasteiger partial charge in [0.15, 0.2) is 0 Å². The molecular weight excluding hydrogens is 349 g/mol. The first-order valence-corrected chi connectivity index (χ1v) is 7.69. The van der Waals surface area contributed by atoms with Crippen LogP contribution in [-0.2, 0) is 15.8 Å². The normalized spacial score (nSPS) is 21.4. The third-order valence-corrected chi connectivity index (χ3v) is 4.49. The maximum Gasteiger partial charge on any atom is 0.417 e. The number of anilines is 1. The fourth-order valence-corrected chi connectivity index (χ4v) is 3.19. The second kappa shape index (κ2) is 6.98. The van der Waals surface area contributed by atoms with Gasteiger partial charge in [0, 0.05) is 0 Å². The molecule has 1 aliphatic rings. The van der Waals surface area contributed by atoms with Crippen molar-refractivity contribution in [2.45, 2.75) is 31.9 Å². The minimum Gasteiger partial charge on any atom is -0.481 e. The number of benzene rings is 1. The molecule has 1 amide bonds. The van der Waals surface area contributed by atoms with Crippen molar-refractivity contribution in [3.63, 3.8) is 0 Å². The SMILES string of the molecule is NN(C(=O)C1CCCCC1C(=O)O)c1ccc(C(F)(F)F)c(Cl)c1. The maximum atomic E-state index is 12.7.